The van der Waals surface area contributed by atoms with Gasteiger partial charge < -0.3 is 5.32 Å². The van der Waals surface area contributed by atoms with E-state index in [1.807, 2.05) is 0 Å². The lowest BCUT2D eigenvalue weighted by atomic mass is 9.97. The molecule has 1 aliphatic heterocycles. The lowest BCUT2D eigenvalue weighted by molar-refractivity contribution is -0.137. The van der Waals surface area contributed by atoms with Crippen LogP contribution in [0.15, 0.2) is 42.5 Å². The summed E-state index contributed by atoms with van der Waals surface area (Å²) in [6, 6.07) is 8.61. The van der Waals surface area contributed by atoms with E-state index in [4.69, 9.17) is 11.6 Å². The normalized spacial score (nSPS) is 16.3. The van der Waals surface area contributed by atoms with Crippen LogP contribution in [0.2, 0.25) is 5.02 Å². The molecular formula is C20H19ClF4N2O3S. The number of sulfonamides is 1. The molecule has 0 atom stereocenters. The predicted octanol–water partition coefficient (Wildman–Crippen LogP) is 4.68. The molecule has 0 saturated carbocycles. The van der Waals surface area contributed by atoms with E-state index in [0.29, 0.717) is 0 Å². The number of nitrogens with one attached hydrogen (secondary N) is 1. The Morgan fingerprint density at radius 1 is 1.13 bits per heavy atom. The van der Waals surface area contributed by atoms with Crippen molar-refractivity contribution in [2.75, 3.05) is 18.4 Å². The average Bonchev–Trinajstić information content (AvgIpc) is 2.70. The van der Waals surface area contributed by atoms with Crippen LogP contribution >= 0.6 is 11.6 Å². The molecule has 1 amide bonds. The summed E-state index contributed by atoms with van der Waals surface area (Å²) in [6.07, 6.45) is -4.42. The Hall–Kier alpha value is -2.17. The first-order chi connectivity index (χ1) is 14.5. The fraction of sp³-hybridized carbons (Fsp3) is 0.350. The number of nitrogens with zero attached hydrogens (tertiary/aromatic N) is 1. The lowest BCUT2D eigenvalue weighted by Gasteiger charge is -2.30. The van der Waals surface area contributed by atoms with Crippen LogP contribution in [-0.4, -0.2) is 31.7 Å². The average molecular weight is 479 g/mol. The summed E-state index contributed by atoms with van der Waals surface area (Å²) < 4.78 is 79.7. The number of halogens is 5. The summed E-state index contributed by atoms with van der Waals surface area (Å²) in [5.74, 6) is -2.41. The van der Waals surface area contributed by atoms with Crippen molar-refractivity contribution in [2.45, 2.75) is 24.8 Å². The molecular weight excluding hydrogens is 460 g/mol. The van der Waals surface area contributed by atoms with Gasteiger partial charge >= 0.3 is 6.18 Å². The van der Waals surface area contributed by atoms with Gasteiger partial charge in [0.2, 0.25) is 15.9 Å². The summed E-state index contributed by atoms with van der Waals surface area (Å²) >= 11 is 5.64. The number of piperidine rings is 1. The van der Waals surface area contributed by atoms with Gasteiger partial charge in [-0.25, -0.2) is 17.1 Å². The zero-order valence-electron chi connectivity index (χ0n) is 16.1. The highest BCUT2D eigenvalue weighted by Crippen LogP contribution is 2.37. The predicted molar refractivity (Wildman–Crippen MR) is 108 cm³/mol. The largest absolute Gasteiger partial charge is 0.418 e. The zero-order valence-corrected chi connectivity index (χ0v) is 17.7. The van der Waals surface area contributed by atoms with Gasteiger partial charge in [0, 0.05) is 29.6 Å². The van der Waals surface area contributed by atoms with E-state index < -0.39 is 50.8 Å². The molecule has 0 unspecified atom stereocenters. The highest BCUT2D eigenvalue weighted by Gasteiger charge is 2.36. The van der Waals surface area contributed by atoms with Gasteiger partial charge in [0.1, 0.15) is 5.82 Å². The SMILES string of the molecule is O=C(Nc1ccc(Cl)cc1C(F)(F)F)C1CCN(S(=O)(=O)Cc2ccccc2F)CC1. The molecule has 2 aromatic carbocycles. The molecule has 1 fully saturated rings. The van der Waals surface area contributed by atoms with Gasteiger partial charge in [-0.3, -0.25) is 4.79 Å². The first-order valence-electron chi connectivity index (χ1n) is 9.36. The molecule has 0 bridgehead atoms. The Morgan fingerprint density at radius 3 is 2.39 bits per heavy atom. The minimum atomic E-state index is -4.70. The number of hydrogen-bond donors (Lipinski definition) is 1. The third-order valence-corrected chi connectivity index (χ3v) is 7.12. The molecule has 2 aromatic rings. The Kier molecular flexibility index (Phi) is 6.92. The van der Waals surface area contributed by atoms with Crippen LogP contribution < -0.4 is 5.32 Å². The van der Waals surface area contributed by atoms with Crippen molar-refractivity contribution in [2.24, 2.45) is 5.92 Å². The van der Waals surface area contributed by atoms with E-state index in [0.717, 1.165) is 12.1 Å². The van der Waals surface area contributed by atoms with Gasteiger partial charge in [-0.05, 0) is 37.1 Å². The molecule has 1 heterocycles. The molecule has 0 aromatic heterocycles. The number of benzene rings is 2. The first-order valence-corrected chi connectivity index (χ1v) is 11.3. The number of anilines is 1. The van der Waals surface area contributed by atoms with E-state index in [1.54, 1.807) is 0 Å². The maximum Gasteiger partial charge on any atom is 0.418 e. The molecule has 1 saturated heterocycles. The fourth-order valence-corrected chi connectivity index (χ4v) is 5.14. The highest BCUT2D eigenvalue weighted by atomic mass is 35.5. The van der Waals surface area contributed by atoms with Gasteiger partial charge in [-0.15, -0.1) is 0 Å². The van der Waals surface area contributed by atoms with Gasteiger partial charge in [0.05, 0.1) is 17.0 Å². The van der Waals surface area contributed by atoms with Crippen LogP contribution in [0.25, 0.3) is 0 Å². The molecule has 0 spiro atoms. The Bertz CT molecular complexity index is 1070. The zero-order chi connectivity index (χ0) is 22.8. The maximum atomic E-state index is 13.8. The molecule has 31 heavy (non-hydrogen) atoms. The van der Waals surface area contributed by atoms with Crippen LogP contribution in [0.4, 0.5) is 23.2 Å². The molecule has 5 nitrogen and oxygen atoms in total. The summed E-state index contributed by atoms with van der Waals surface area (Å²) in [4.78, 5) is 12.5. The molecule has 168 valence electrons. The van der Waals surface area contributed by atoms with Crippen LogP contribution in [-0.2, 0) is 26.7 Å². The van der Waals surface area contributed by atoms with Gasteiger partial charge in [-0.2, -0.15) is 13.2 Å². The minimum absolute atomic E-state index is 0.0155. The van der Waals surface area contributed by atoms with Gasteiger partial charge in [0.25, 0.3) is 0 Å². The van der Waals surface area contributed by atoms with Crippen molar-refractivity contribution in [3.63, 3.8) is 0 Å². The molecule has 3 rings (SSSR count). The molecule has 0 radical (unpaired) electrons. The summed E-state index contributed by atoms with van der Waals surface area (Å²) in [5.41, 5.74) is -1.42. The van der Waals surface area contributed by atoms with Crippen molar-refractivity contribution >= 4 is 33.2 Å². The summed E-state index contributed by atoms with van der Waals surface area (Å²) in [5, 5.41) is 2.17. The van der Waals surface area contributed by atoms with Gasteiger partial charge in [0.15, 0.2) is 0 Å². The van der Waals surface area contributed by atoms with Crippen molar-refractivity contribution in [3.05, 3.63) is 64.4 Å². The molecule has 1 aliphatic rings. The summed E-state index contributed by atoms with van der Waals surface area (Å²) in [7, 11) is -3.80. The molecule has 1 N–H and O–H groups in total. The third kappa shape index (κ3) is 5.75. The van der Waals surface area contributed by atoms with Crippen LogP contribution in [0.3, 0.4) is 0 Å². The monoisotopic (exact) mass is 478 g/mol. The maximum absolute atomic E-state index is 13.8. The number of rotatable bonds is 5. The van der Waals surface area contributed by atoms with Crippen molar-refractivity contribution < 1.29 is 30.8 Å². The van der Waals surface area contributed by atoms with Crippen LogP contribution in [0.5, 0.6) is 0 Å². The van der Waals surface area contributed by atoms with Gasteiger partial charge in [-0.1, -0.05) is 29.8 Å². The van der Waals surface area contributed by atoms with E-state index >= 15 is 0 Å². The second-order valence-corrected chi connectivity index (χ2v) is 9.60. The van der Waals surface area contributed by atoms with Crippen LogP contribution in [0.1, 0.15) is 24.0 Å². The quantitative estimate of drug-likeness (QED) is 0.635. The lowest BCUT2D eigenvalue weighted by Crippen LogP contribution is -2.42. The van der Waals surface area contributed by atoms with E-state index in [2.05, 4.69) is 5.32 Å². The van der Waals surface area contributed by atoms with E-state index in [9.17, 15) is 30.8 Å². The second-order valence-electron chi connectivity index (χ2n) is 7.20. The Labute approximate surface area is 182 Å². The number of carbonyl (C=O) groups is 1. The fourth-order valence-electron chi connectivity index (χ4n) is 3.39. The van der Waals surface area contributed by atoms with Crippen molar-refractivity contribution in [3.8, 4) is 0 Å². The topological polar surface area (TPSA) is 66.5 Å². The second kappa shape index (κ2) is 9.13. The number of alkyl halides is 3. The van der Waals surface area contributed by atoms with E-state index in [-0.39, 0.29) is 36.5 Å². The smallest absolute Gasteiger partial charge is 0.325 e. The Morgan fingerprint density at radius 2 is 1.77 bits per heavy atom. The molecule has 11 heteroatoms. The number of hydrogen-bond acceptors (Lipinski definition) is 3. The van der Waals surface area contributed by atoms with Crippen LogP contribution in [0, 0.1) is 11.7 Å². The standard InChI is InChI=1S/C20H19ClF4N2O3S/c21-15-5-6-18(16(11-15)20(23,24)25)26-19(28)13-7-9-27(10-8-13)31(29,30)12-14-3-1-2-4-17(14)22/h1-6,11,13H,7-10,12H2,(H,26,28). The Balaban J connectivity index is 1.64. The first kappa shape index (κ1) is 23.5. The third-order valence-electron chi connectivity index (χ3n) is 5.06. The number of carbonyl (C=O) groups excluding carboxylic acids is 1. The minimum Gasteiger partial charge on any atom is -0.325 e. The summed E-state index contributed by atoms with van der Waals surface area (Å²) in [6.45, 7) is 0.0310. The van der Waals surface area contributed by atoms with Crippen molar-refractivity contribution in [1.82, 2.24) is 4.31 Å². The van der Waals surface area contributed by atoms with Crippen molar-refractivity contribution in [1.29, 1.82) is 0 Å². The van der Waals surface area contributed by atoms with E-state index in [1.165, 1.54) is 34.6 Å². The highest BCUT2D eigenvalue weighted by molar-refractivity contribution is 7.88. The number of amides is 1. The molecule has 0 aliphatic carbocycles.